The standard InChI is InChI=1S/C3H6BBrO/c4-3(1-5)2-6/h3,6H,1-2H2. The van der Waals surface area contributed by atoms with Crippen LogP contribution in [0.15, 0.2) is 0 Å². The molecule has 0 amide bonds. The van der Waals surface area contributed by atoms with Crippen molar-refractivity contribution in [1.29, 1.82) is 0 Å². The van der Waals surface area contributed by atoms with E-state index in [-0.39, 0.29) is 12.4 Å². The van der Waals surface area contributed by atoms with Crippen molar-refractivity contribution in [3.05, 3.63) is 0 Å². The van der Waals surface area contributed by atoms with Gasteiger partial charge in [0.15, 0.2) is 0 Å². The smallest absolute Gasteiger partial charge is 0.0742 e. The van der Waals surface area contributed by atoms with E-state index in [0.717, 1.165) is 0 Å². The molecule has 1 nitrogen and oxygen atoms in total. The van der Waals surface area contributed by atoms with Gasteiger partial charge in [-0.3, -0.25) is 0 Å². The monoisotopic (exact) mass is 148 g/mol. The first-order chi connectivity index (χ1) is 2.81. The van der Waals surface area contributed by atoms with Crippen molar-refractivity contribution < 1.29 is 5.11 Å². The summed E-state index contributed by atoms with van der Waals surface area (Å²) < 4.78 is 0. The van der Waals surface area contributed by atoms with Crippen molar-refractivity contribution in [3.63, 3.8) is 0 Å². The van der Waals surface area contributed by atoms with E-state index < -0.39 is 0 Å². The van der Waals surface area contributed by atoms with E-state index in [2.05, 4.69) is 15.9 Å². The number of rotatable bonds is 2. The van der Waals surface area contributed by atoms with E-state index in [1.807, 2.05) is 0 Å². The first-order valence-electron chi connectivity index (χ1n) is 1.73. The molecule has 0 rings (SSSR count). The highest BCUT2D eigenvalue weighted by molar-refractivity contribution is 9.09. The van der Waals surface area contributed by atoms with Crippen LogP contribution in [-0.4, -0.2) is 24.9 Å². The minimum Gasteiger partial charge on any atom is -0.397 e. The normalized spacial score (nSPS) is 14.3. The molecule has 0 aromatic carbocycles. The van der Waals surface area contributed by atoms with Crippen LogP contribution in [0.4, 0.5) is 0 Å². The molecule has 0 saturated heterocycles. The maximum Gasteiger partial charge on any atom is 0.0742 e. The molecule has 0 aliphatic heterocycles. The third kappa shape index (κ3) is 2.73. The number of aliphatic hydroxyl groups excluding tert-OH is 1. The van der Waals surface area contributed by atoms with Gasteiger partial charge in [0.1, 0.15) is 0 Å². The zero-order valence-electron chi connectivity index (χ0n) is 3.39. The van der Waals surface area contributed by atoms with Gasteiger partial charge in [-0.15, -0.1) is 0 Å². The second kappa shape index (κ2) is 3.69. The van der Waals surface area contributed by atoms with Crippen LogP contribution in [0.5, 0.6) is 0 Å². The number of alkyl halides is 1. The van der Waals surface area contributed by atoms with Gasteiger partial charge in [0, 0.05) is 11.9 Å². The maximum absolute atomic E-state index is 8.18. The average molecular weight is 149 g/mol. The molecular weight excluding hydrogens is 143 g/mol. The summed E-state index contributed by atoms with van der Waals surface area (Å²) in [5.41, 5.74) is 0. The Kier molecular flexibility index (Phi) is 4.00. The van der Waals surface area contributed by atoms with Crippen LogP contribution in [0.2, 0.25) is 5.82 Å². The van der Waals surface area contributed by atoms with Gasteiger partial charge in [-0.25, -0.2) is 0 Å². The SMILES string of the molecule is [B]C(CO)CBr. The van der Waals surface area contributed by atoms with E-state index in [1.165, 1.54) is 0 Å². The van der Waals surface area contributed by atoms with Crippen molar-refractivity contribution in [2.75, 3.05) is 11.9 Å². The van der Waals surface area contributed by atoms with Gasteiger partial charge in [-0.1, -0.05) is 15.9 Å². The lowest BCUT2D eigenvalue weighted by molar-refractivity contribution is 0.297. The molecule has 1 atom stereocenters. The van der Waals surface area contributed by atoms with Crippen LogP contribution < -0.4 is 0 Å². The molecule has 0 aromatic rings. The Labute approximate surface area is 47.3 Å². The molecule has 6 heavy (non-hydrogen) atoms. The highest BCUT2D eigenvalue weighted by atomic mass is 79.9. The van der Waals surface area contributed by atoms with E-state index in [1.54, 1.807) is 0 Å². The zero-order chi connectivity index (χ0) is 4.99. The third-order valence-corrected chi connectivity index (χ3v) is 1.26. The highest BCUT2D eigenvalue weighted by Gasteiger charge is 1.91. The van der Waals surface area contributed by atoms with Crippen molar-refractivity contribution >= 4 is 23.8 Å². The average Bonchev–Trinajstić information content (AvgIpc) is 1.65. The van der Waals surface area contributed by atoms with Gasteiger partial charge in [0.2, 0.25) is 0 Å². The summed E-state index contributed by atoms with van der Waals surface area (Å²) in [4.78, 5) is 0. The minimum absolute atomic E-state index is 0.0608. The number of aliphatic hydroxyl groups is 1. The van der Waals surface area contributed by atoms with Crippen LogP contribution in [0, 0.1) is 0 Å². The van der Waals surface area contributed by atoms with Gasteiger partial charge in [-0.2, -0.15) is 0 Å². The molecule has 0 aliphatic rings. The molecule has 0 bridgehead atoms. The summed E-state index contributed by atoms with van der Waals surface area (Å²) in [5.74, 6) is -0.0926. The topological polar surface area (TPSA) is 20.2 Å². The summed E-state index contributed by atoms with van der Waals surface area (Å²) in [5, 5.41) is 8.85. The van der Waals surface area contributed by atoms with Crippen molar-refractivity contribution in [2.24, 2.45) is 0 Å². The molecule has 0 saturated carbocycles. The fourth-order valence-corrected chi connectivity index (χ4v) is 0.254. The van der Waals surface area contributed by atoms with Crippen molar-refractivity contribution in [1.82, 2.24) is 0 Å². The van der Waals surface area contributed by atoms with Crippen LogP contribution in [0.1, 0.15) is 0 Å². The Morgan fingerprint density at radius 2 is 2.33 bits per heavy atom. The van der Waals surface area contributed by atoms with Crippen LogP contribution in [0.25, 0.3) is 0 Å². The minimum atomic E-state index is -0.0926. The Morgan fingerprint density at radius 1 is 1.83 bits per heavy atom. The van der Waals surface area contributed by atoms with Crippen LogP contribution in [0.3, 0.4) is 0 Å². The molecule has 34 valence electrons. The molecular formula is C3H6BBrO. The predicted octanol–water partition coefficient (Wildman–Crippen LogP) is 0.331. The fourth-order valence-electron chi connectivity index (χ4n) is 0.0488. The van der Waals surface area contributed by atoms with Crippen molar-refractivity contribution in [2.45, 2.75) is 5.82 Å². The molecule has 0 heterocycles. The molecule has 1 unspecified atom stereocenters. The maximum atomic E-state index is 8.18. The lowest BCUT2D eigenvalue weighted by atomic mass is 9.91. The zero-order valence-corrected chi connectivity index (χ0v) is 4.98. The second-order valence-corrected chi connectivity index (χ2v) is 1.74. The Balaban J connectivity index is 2.75. The fraction of sp³-hybridized carbons (Fsp3) is 1.00. The molecule has 0 spiro atoms. The molecule has 2 radical (unpaired) electrons. The number of halogens is 1. The Morgan fingerprint density at radius 3 is 2.33 bits per heavy atom. The lowest BCUT2D eigenvalue weighted by Crippen LogP contribution is -1.97. The third-order valence-electron chi connectivity index (χ3n) is 0.433. The Hall–Kier alpha value is 0.505. The quantitative estimate of drug-likeness (QED) is 0.442. The molecule has 0 fully saturated rings. The number of hydrogen-bond acceptors (Lipinski definition) is 1. The highest BCUT2D eigenvalue weighted by Crippen LogP contribution is 1.98. The summed E-state index contributed by atoms with van der Waals surface area (Å²) in [7, 11) is 5.18. The summed E-state index contributed by atoms with van der Waals surface area (Å²) in [6.07, 6.45) is 0. The summed E-state index contributed by atoms with van der Waals surface area (Å²) in [6, 6.07) is 0. The molecule has 0 aromatic heterocycles. The van der Waals surface area contributed by atoms with E-state index in [0.29, 0.717) is 5.33 Å². The lowest BCUT2D eigenvalue weighted by Gasteiger charge is -1.96. The van der Waals surface area contributed by atoms with E-state index >= 15 is 0 Å². The molecule has 3 heteroatoms. The van der Waals surface area contributed by atoms with E-state index in [9.17, 15) is 0 Å². The van der Waals surface area contributed by atoms with Crippen molar-refractivity contribution in [3.8, 4) is 0 Å². The van der Waals surface area contributed by atoms with Crippen LogP contribution >= 0.6 is 15.9 Å². The second-order valence-electron chi connectivity index (χ2n) is 1.10. The Bertz CT molecular complexity index is 30.0. The van der Waals surface area contributed by atoms with Gasteiger partial charge in [0.25, 0.3) is 0 Å². The van der Waals surface area contributed by atoms with Gasteiger partial charge >= 0.3 is 0 Å². The first kappa shape index (κ1) is 6.50. The van der Waals surface area contributed by atoms with Crippen LogP contribution in [-0.2, 0) is 0 Å². The number of hydrogen-bond donors (Lipinski definition) is 1. The van der Waals surface area contributed by atoms with Gasteiger partial charge in [0.05, 0.1) is 7.85 Å². The molecule has 0 aliphatic carbocycles. The first-order valence-corrected chi connectivity index (χ1v) is 2.85. The van der Waals surface area contributed by atoms with Gasteiger partial charge in [-0.05, 0) is 5.82 Å². The van der Waals surface area contributed by atoms with Gasteiger partial charge < -0.3 is 5.11 Å². The largest absolute Gasteiger partial charge is 0.397 e. The predicted molar refractivity (Wildman–Crippen MR) is 30.4 cm³/mol. The summed E-state index contributed by atoms with van der Waals surface area (Å²) in [6.45, 7) is 0.0608. The van der Waals surface area contributed by atoms with E-state index in [4.69, 9.17) is 13.0 Å². The summed E-state index contributed by atoms with van der Waals surface area (Å²) >= 11 is 3.09. The molecule has 1 N–H and O–H groups in total.